The first kappa shape index (κ1) is 14.7. The van der Waals surface area contributed by atoms with Crippen LogP contribution in [0.4, 0.5) is 0 Å². The number of Topliss-reactive ketones (excluding diaryl/α,β-unsaturated/α-hetero) is 1. The Morgan fingerprint density at radius 1 is 1.11 bits per heavy atom. The van der Waals surface area contributed by atoms with Crippen LogP contribution in [0.25, 0.3) is 0 Å². The second-order valence-corrected chi connectivity index (χ2v) is 23.0. The van der Waals surface area contributed by atoms with Crippen LogP contribution in [0.1, 0.15) is 6.42 Å². The van der Waals surface area contributed by atoms with Gasteiger partial charge < -0.3 is 0 Å². The minimum atomic E-state index is -1.80. The lowest BCUT2D eigenvalue weighted by molar-refractivity contribution is -0.117. The van der Waals surface area contributed by atoms with Gasteiger partial charge in [0.25, 0.3) is 0 Å². The number of thioether (sulfide) groups is 1. The Morgan fingerprint density at radius 2 is 1.56 bits per heavy atom. The van der Waals surface area contributed by atoms with E-state index in [1.54, 1.807) is 11.8 Å². The van der Waals surface area contributed by atoms with Gasteiger partial charge in [0.1, 0.15) is 7.40 Å². The summed E-state index contributed by atoms with van der Waals surface area (Å²) in [6.45, 7) is 17.3. The number of ketones is 1. The van der Waals surface area contributed by atoms with Gasteiger partial charge in [-0.15, -0.1) is 11.8 Å². The molecule has 3 aliphatic heterocycles. The minimum absolute atomic E-state index is 0.176. The van der Waals surface area contributed by atoms with Crippen LogP contribution in [0.5, 0.6) is 0 Å². The van der Waals surface area contributed by atoms with Gasteiger partial charge in [0.15, 0.2) is 5.78 Å². The number of carbonyl (C=O) groups excluding carboxylic acids is 1. The third-order valence-electron chi connectivity index (χ3n) is 3.99. The summed E-state index contributed by atoms with van der Waals surface area (Å²) in [4.78, 5) is 12.5. The lowest BCUT2D eigenvalue weighted by Crippen LogP contribution is -2.80. The van der Waals surface area contributed by atoms with Gasteiger partial charge in [0.2, 0.25) is 0 Å². The number of rotatable bonds is 2. The fourth-order valence-electron chi connectivity index (χ4n) is 3.05. The minimum Gasteiger partial charge on any atom is -0.297 e. The SMILES string of the molecule is C=C1CC(=O)C2([Si](C)(C)C)SC1([Si](C)(C)C)S2=O. The summed E-state index contributed by atoms with van der Waals surface area (Å²) in [6.07, 6.45) is 0.452. The molecule has 3 rings (SSSR count). The molecule has 102 valence electrons. The van der Waals surface area contributed by atoms with Crippen LogP contribution in [-0.2, 0) is 15.6 Å². The average molecular weight is 319 g/mol. The van der Waals surface area contributed by atoms with E-state index in [-0.39, 0.29) is 9.49 Å². The average Bonchev–Trinajstić information content (AvgIpc) is 2.10. The summed E-state index contributed by atoms with van der Waals surface area (Å²) >= 11 is 1.72. The molecule has 0 amide bonds. The van der Waals surface area contributed by atoms with Crippen molar-refractivity contribution < 1.29 is 9.00 Å². The third kappa shape index (κ3) is 1.40. The highest BCUT2D eigenvalue weighted by Gasteiger charge is 2.78. The molecule has 3 fully saturated rings. The Bertz CT molecular complexity index is 435. The Balaban J connectivity index is 2.59. The summed E-state index contributed by atoms with van der Waals surface area (Å²) in [7, 11) is -4.53. The molecule has 2 nitrogen and oxygen atoms in total. The van der Waals surface area contributed by atoms with Crippen molar-refractivity contribution in [2.24, 2.45) is 0 Å². The van der Waals surface area contributed by atoms with Gasteiger partial charge in [-0.2, -0.15) is 0 Å². The summed E-state index contributed by atoms with van der Waals surface area (Å²) in [5.74, 6) is 0.176. The van der Waals surface area contributed by atoms with Gasteiger partial charge in [0.05, 0.1) is 26.9 Å². The normalized spacial score (nSPS) is 40.7. The van der Waals surface area contributed by atoms with Crippen LogP contribution < -0.4 is 0 Å². The highest BCUT2D eigenvalue weighted by molar-refractivity contribution is 8.35. The van der Waals surface area contributed by atoms with Gasteiger partial charge in [-0.3, -0.25) is 9.00 Å². The van der Waals surface area contributed by atoms with Crippen molar-refractivity contribution in [2.75, 3.05) is 0 Å². The first-order chi connectivity index (χ1) is 7.91. The predicted octanol–water partition coefficient (Wildman–Crippen LogP) is 3.16. The molecule has 0 aliphatic carbocycles. The van der Waals surface area contributed by atoms with E-state index in [1.807, 2.05) is 0 Å². The molecule has 0 N–H and O–H groups in total. The molecule has 3 atom stereocenters. The molecule has 0 spiro atoms. The second-order valence-electron chi connectivity index (χ2n) is 7.31. The van der Waals surface area contributed by atoms with Crippen molar-refractivity contribution in [3.8, 4) is 0 Å². The molecule has 0 radical (unpaired) electrons. The fourth-order valence-corrected chi connectivity index (χ4v) is 18.7. The molecular formula is C12H22O2S2Si2. The van der Waals surface area contributed by atoms with Crippen molar-refractivity contribution in [1.29, 1.82) is 0 Å². The van der Waals surface area contributed by atoms with E-state index in [1.165, 1.54) is 0 Å². The Morgan fingerprint density at radius 3 is 1.89 bits per heavy atom. The van der Waals surface area contributed by atoms with E-state index in [0.29, 0.717) is 6.42 Å². The molecule has 2 bridgehead atoms. The van der Waals surface area contributed by atoms with E-state index in [0.717, 1.165) is 5.57 Å². The zero-order valence-corrected chi connectivity index (χ0v) is 15.7. The zero-order chi connectivity index (χ0) is 14.1. The van der Waals surface area contributed by atoms with Crippen molar-refractivity contribution in [1.82, 2.24) is 0 Å². The molecule has 3 aliphatic rings. The lowest BCUT2D eigenvalue weighted by atomic mass is 10.1. The van der Waals surface area contributed by atoms with Crippen LogP contribution in [0.2, 0.25) is 39.3 Å². The molecule has 0 saturated carbocycles. The van der Waals surface area contributed by atoms with Gasteiger partial charge in [0, 0.05) is 6.42 Å². The molecule has 3 unspecified atom stereocenters. The van der Waals surface area contributed by atoms with E-state index in [4.69, 9.17) is 0 Å². The van der Waals surface area contributed by atoms with Crippen LogP contribution in [0.15, 0.2) is 12.2 Å². The van der Waals surface area contributed by atoms with Crippen molar-refractivity contribution >= 4 is 44.5 Å². The first-order valence-electron chi connectivity index (χ1n) is 6.25. The number of hydrogen-bond acceptors (Lipinski definition) is 3. The Labute approximate surface area is 118 Å². The van der Waals surface area contributed by atoms with Crippen molar-refractivity contribution in [3.63, 3.8) is 0 Å². The highest BCUT2D eigenvalue weighted by atomic mass is 32.3. The van der Waals surface area contributed by atoms with Crippen LogP contribution in [-0.4, -0.2) is 33.5 Å². The topological polar surface area (TPSA) is 34.1 Å². The fraction of sp³-hybridized carbons (Fsp3) is 0.750. The van der Waals surface area contributed by atoms with Crippen LogP contribution in [0.3, 0.4) is 0 Å². The first-order valence-corrected chi connectivity index (χ1v) is 15.2. The molecular weight excluding hydrogens is 296 g/mol. The van der Waals surface area contributed by atoms with Crippen LogP contribution >= 0.6 is 11.8 Å². The van der Waals surface area contributed by atoms with E-state index >= 15 is 0 Å². The van der Waals surface area contributed by atoms with Gasteiger partial charge in [-0.05, 0) is 5.57 Å². The van der Waals surface area contributed by atoms with Gasteiger partial charge >= 0.3 is 0 Å². The van der Waals surface area contributed by atoms with Gasteiger partial charge in [-0.25, -0.2) is 0 Å². The van der Waals surface area contributed by atoms with E-state index < -0.39 is 30.6 Å². The highest BCUT2D eigenvalue weighted by Crippen LogP contribution is 2.69. The second kappa shape index (κ2) is 3.71. The smallest absolute Gasteiger partial charge is 0.162 e. The standard InChI is InChI=1S/C12H22O2S2Si2/c1-9-8-10(13)12(18(5,6)7)15-11(9,16(12)14)17(2,3)4/h1,8H2,2-7H3. The molecule has 0 aromatic carbocycles. The van der Waals surface area contributed by atoms with Gasteiger partial charge in [-0.1, -0.05) is 45.9 Å². The predicted molar refractivity (Wildman–Crippen MR) is 86.7 cm³/mol. The lowest BCUT2D eigenvalue weighted by Gasteiger charge is -2.66. The molecule has 3 heterocycles. The molecule has 6 heteroatoms. The van der Waals surface area contributed by atoms with E-state index in [9.17, 15) is 9.00 Å². The Hall–Kier alpha value is 0.344. The molecule has 3 saturated heterocycles. The maximum atomic E-state index is 13.1. The largest absolute Gasteiger partial charge is 0.297 e. The zero-order valence-electron chi connectivity index (χ0n) is 12.0. The summed E-state index contributed by atoms with van der Waals surface area (Å²) in [6, 6.07) is 0. The summed E-state index contributed by atoms with van der Waals surface area (Å²) in [5.41, 5.74) is 0.926. The molecule has 0 aromatic heterocycles. The summed E-state index contributed by atoms with van der Waals surface area (Å²) in [5, 5.41) is 0. The van der Waals surface area contributed by atoms with Crippen molar-refractivity contribution in [2.45, 2.75) is 53.1 Å². The molecule has 0 aromatic rings. The maximum Gasteiger partial charge on any atom is 0.162 e. The number of fused-ring (bicyclic) bond motifs is 2. The number of hydrogen-bond donors (Lipinski definition) is 0. The Kier molecular flexibility index (Phi) is 3.04. The third-order valence-corrected chi connectivity index (χ3v) is 21.7. The number of carbonyl (C=O) groups is 1. The van der Waals surface area contributed by atoms with Crippen LogP contribution in [0, 0.1) is 0 Å². The summed E-state index contributed by atoms with van der Waals surface area (Å²) < 4.78 is 12.2. The monoisotopic (exact) mass is 318 g/mol. The van der Waals surface area contributed by atoms with E-state index in [2.05, 4.69) is 45.9 Å². The van der Waals surface area contributed by atoms with Crippen molar-refractivity contribution in [3.05, 3.63) is 12.2 Å². The quantitative estimate of drug-likeness (QED) is 0.579. The maximum absolute atomic E-state index is 13.1. The molecule has 18 heavy (non-hydrogen) atoms.